The van der Waals surface area contributed by atoms with Crippen molar-refractivity contribution >= 4 is 23.4 Å². The van der Waals surface area contributed by atoms with Crippen molar-refractivity contribution in [3.05, 3.63) is 42.0 Å². The molecule has 0 radical (unpaired) electrons. The number of fused-ring (bicyclic) bond motifs is 6. The standard InChI is InChI=1S/C21H22N2O3/c1-12-6-7-13-4-2-3-5-16(13)23(12)17(24)11-22-20(25)18-14-8-9-15(10-14)19(18)21(22)26/h2-5,8-9,12,14-15,18-19H,6-7,10-11H2,1H3. The smallest absolute Gasteiger partial charge is 0.247 e. The van der Waals surface area contributed by atoms with E-state index in [2.05, 4.69) is 12.2 Å². The van der Waals surface area contributed by atoms with Gasteiger partial charge in [-0.05, 0) is 49.7 Å². The molecule has 2 fully saturated rings. The second-order valence-electron chi connectivity index (χ2n) is 8.04. The fourth-order valence-corrected chi connectivity index (χ4v) is 5.40. The molecule has 5 atom stereocenters. The number of likely N-dealkylation sites (tertiary alicyclic amines) is 1. The van der Waals surface area contributed by atoms with Gasteiger partial charge in [-0.3, -0.25) is 19.3 Å². The number of rotatable bonds is 2. The van der Waals surface area contributed by atoms with E-state index in [-0.39, 0.29) is 54.0 Å². The van der Waals surface area contributed by atoms with Crippen LogP contribution in [0.5, 0.6) is 0 Å². The van der Waals surface area contributed by atoms with E-state index in [4.69, 9.17) is 0 Å². The van der Waals surface area contributed by atoms with E-state index in [1.165, 1.54) is 4.90 Å². The number of carbonyl (C=O) groups excluding carboxylic acids is 3. The Bertz CT molecular complexity index is 815. The van der Waals surface area contributed by atoms with Crippen LogP contribution in [0.1, 0.15) is 25.3 Å². The van der Waals surface area contributed by atoms with E-state index in [1.807, 2.05) is 31.2 Å². The lowest BCUT2D eigenvalue weighted by Crippen LogP contribution is -2.48. The summed E-state index contributed by atoms with van der Waals surface area (Å²) in [4.78, 5) is 41.8. The number of imide groups is 1. The SMILES string of the molecule is CC1CCc2ccccc2N1C(=O)CN1C(=O)C2C3C=CC(C3)C2C1=O. The quantitative estimate of drug-likeness (QED) is 0.607. The average molecular weight is 350 g/mol. The zero-order valence-electron chi connectivity index (χ0n) is 14.8. The molecule has 5 unspecified atom stereocenters. The van der Waals surface area contributed by atoms with Crippen LogP contribution >= 0.6 is 0 Å². The Hall–Kier alpha value is -2.43. The molecule has 5 nitrogen and oxygen atoms in total. The summed E-state index contributed by atoms with van der Waals surface area (Å²) in [5, 5.41) is 0. The second-order valence-corrected chi connectivity index (χ2v) is 8.04. The summed E-state index contributed by atoms with van der Waals surface area (Å²) in [5.74, 6) is -0.585. The number of hydrogen-bond donors (Lipinski definition) is 0. The van der Waals surface area contributed by atoms with E-state index in [0.29, 0.717) is 0 Å². The Morgan fingerprint density at radius 2 is 1.73 bits per heavy atom. The third-order valence-corrected chi connectivity index (χ3v) is 6.65. The average Bonchev–Trinajstić information content (AvgIpc) is 3.31. The molecule has 4 aliphatic rings. The highest BCUT2D eigenvalue weighted by Crippen LogP contribution is 2.52. The highest BCUT2D eigenvalue weighted by Gasteiger charge is 2.59. The van der Waals surface area contributed by atoms with Crippen LogP contribution in [0, 0.1) is 23.7 Å². The number of amides is 3. The number of benzene rings is 1. The lowest BCUT2D eigenvalue weighted by atomic mass is 9.85. The van der Waals surface area contributed by atoms with Crippen LogP contribution in [-0.2, 0) is 20.8 Å². The van der Waals surface area contributed by atoms with Gasteiger partial charge in [0, 0.05) is 11.7 Å². The monoisotopic (exact) mass is 350 g/mol. The largest absolute Gasteiger partial charge is 0.308 e. The molecule has 2 heterocycles. The van der Waals surface area contributed by atoms with Crippen molar-refractivity contribution in [2.24, 2.45) is 23.7 Å². The molecule has 1 saturated heterocycles. The molecule has 2 aliphatic carbocycles. The maximum absolute atomic E-state index is 13.1. The zero-order chi connectivity index (χ0) is 18.0. The van der Waals surface area contributed by atoms with Crippen molar-refractivity contribution < 1.29 is 14.4 Å². The van der Waals surface area contributed by atoms with E-state index in [1.54, 1.807) is 4.90 Å². The van der Waals surface area contributed by atoms with Gasteiger partial charge in [0.2, 0.25) is 17.7 Å². The fourth-order valence-electron chi connectivity index (χ4n) is 5.40. The number of aryl methyl sites for hydroxylation is 1. The molecular formula is C21H22N2O3. The molecule has 0 spiro atoms. The lowest BCUT2D eigenvalue weighted by Gasteiger charge is -2.36. The second kappa shape index (κ2) is 5.53. The molecule has 2 bridgehead atoms. The molecule has 0 N–H and O–H groups in total. The van der Waals surface area contributed by atoms with Crippen molar-refractivity contribution in [1.82, 2.24) is 4.90 Å². The van der Waals surface area contributed by atoms with E-state index < -0.39 is 0 Å². The first-order chi connectivity index (χ1) is 12.6. The van der Waals surface area contributed by atoms with Gasteiger partial charge in [0.1, 0.15) is 6.54 Å². The Labute approximate surface area is 152 Å². The summed E-state index contributed by atoms with van der Waals surface area (Å²) >= 11 is 0. The van der Waals surface area contributed by atoms with E-state index in [9.17, 15) is 14.4 Å². The molecule has 26 heavy (non-hydrogen) atoms. The topological polar surface area (TPSA) is 57.7 Å². The van der Waals surface area contributed by atoms with Gasteiger partial charge in [-0.2, -0.15) is 0 Å². The van der Waals surface area contributed by atoms with Crippen LogP contribution in [0.3, 0.4) is 0 Å². The predicted octanol–water partition coefficient (Wildman–Crippen LogP) is 2.16. The van der Waals surface area contributed by atoms with Crippen molar-refractivity contribution in [2.45, 2.75) is 32.2 Å². The zero-order valence-corrected chi connectivity index (χ0v) is 14.8. The minimum absolute atomic E-state index is 0.0718. The number of anilines is 1. The first-order valence-corrected chi connectivity index (χ1v) is 9.50. The molecule has 1 saturated carbocycles. The highest BCUT2D eigenvalue weighted by atomic mass is 16.2. The fraction of sp³-hybridized carbons (Fsp3) is 0.476. The van der Waals surface area contributed by atoms with Gasteiger partial charge in [-0.1, -0.05) is 30.4 Å². The first kappa shape index (κ1) is 15.8. The van der Waals surface area contributed by atoms with Gasteiger partial charge in [0.25, 0.3) is 0 Å². The maximum atomic E-state index is 13.1. The number of allylic oxidation sites excluding steroid dienone is 2. The summed E-state index contributed by atoms with van der Waals surface area (Å²) in [6, 6.07) is 7.98. The van der Waals surface area contributed by atoms with Crippen LogP contribution in [0.25, 0.3) is 0 Å². The molecule has 134 valence electrons. The van der Waals surface area contributed by atoms with Gasteiger partial charge >= 0.3 is 0 Å². The number of carbonyl (C=O) groups is 3. The molecular weight excluding hydrogens is 328 g/mol. The Morgan fingerprint density at radius 3 is 2.42 bits per heavy atom. The van der Waals surface area contributed by atoms with Crippen LogP contribution in [-0.4, -0.2) is 35.2 Å². The molecule has 3 amide bonds. The molecule has 2 aliphatic heterocycles. The van der Waals surface area contributed by atoms with E-state index in [0.717, 1.165) is 30.5 Å². The minimum Gasteiger partial charge on any atom is -0.308 e. The third kappa shape index (κ3) is 2.06. The van der Waals surface area contributed by atoms with Crippen LogP contribution in [0.15, 0.2) is 36.4 Å². The summed E-state index contributed by atoms with van der Waals surface area (Å²) < 4.78 is 0. The van der Waals surface area contributed by atoms with Gasteiger partial charge in [-0.15, -0.1) is 0 Å². The van der Waals surface area contributed by atoms with Crippen molar-refractivity contribution in [3.63, 3.8) is 0 Å². The van der Waals surface area contributed by atoms with Crippen molar-refractivity contribution in [2.75, 3.05) is 11.4 Å². The summed E-state index contributed by atoms with van der Waals surface area (Å²) in [6.45, 7) is 1.89. The molecule has 0 aromatic heterocycles. The Balaban J connectivity index is 1.40. The van der Waals surface area contributed by atoms with Crippen LogP contribution in [0.2, 0.25) is 0 Å². The van der Waals surface area contributed by atoms with Crippen LogP contribution < -0.4 is 4.90 Å². The summed E-state index contributed by atoms with van der Waals surface area (Å²) in [6.07, 6.45) is 6.90. The third-order valence-electron chi connectivity index (χ3n) is 6.65. The number of nitrogens with zero attached hydrogens (tertiary/aromatic N) is 2. The summed E-state index contributed by atoms with van der Waals surface area (Å²) in [5.41, 5.74) is 2.06. The summed E-state index contributed by atoms with van der Waals surface area (Å²) in [7, 11) is 0. The normalized spacial score (nSPS) is 34.4. The molecule has 1 aromatic rings. The van der Waals surface area contributed by atoms with Gasteiger partial charge in [0.05, 0.1) is 11.8 Å². The maximum Gasteiger partial charge on any atom is 0.247 e. The lowest BCUT2D eigenvalue weighted by molar-refractivity contribution is -0.143. The van der Waals surface area contributed by atoms with Crippen molar-refractivity contribution in [3.8, 4) is 0 Å². The minimum atomic E-state index is -0.239. The van der Waals surface area contributed by atoms with Gasteiger partial charge in [-0.25, -0.2) is 0 Å². The van der Waals surface area contributed by atoms with E-state index >= 15 is 0 Å². The Morgan fingerprint density at radius 1 is 1.08 bits per heavy atom. The van der Waals surface area contributed by atoms with Gasteiger partial charge in [0.15, 0.2) is 0 Å². The van der Waals surface area contributed by atoms with Crippen molar-refractivity contribution in [1.29, 1.82) is 0 Å². The molecule has 5 rings (SSSR count). The Kier molecular flexibility index (Phi) is 3.36. The van der Waals surface area contributed by atoms with Crippen LogP contribution in [0.4, 0.5) is 5.69 Å². The number of para-hydroxylation sites is 1. The molecule has 5 heteroatoms. The highest BCUT2D eigenvalue weighted by molar-refractivity contribution is 6.10. The first-order valence-electron chi connectivity index (χ1n) is 9.50. The number of hydrogen-bond acceptors (Lipinski definition) is 3. The predicted molar refractivity (Wildman–Crippen MR) is 96.1 cm³/mol. The molecule has 1 aromatic carbocycles. The van der Waals surface area contributed by atoms with Gasteiger partial charge < -0.3 is 4.90 Å².